The zero-order valence-corrected chi connectivity index (χ0v) is 10.5. The average Bonchev–Trinajstić information content (AvgIpc) is 2.39. The summed E-state index contributed by atoms with van der Waals surface area (Å²) in [6.07, 6.45) is 0. The zero-order valence-electron chi connectivity index (χ0n) is 10.5. The molecule has 19 heavy (non-hydrogen) atoms. The number of hydrogen-bond donors (Lipinski definition) is 1. The van der Waals surface area contributed by atoms with Crippen LogP contribution in [0.15, 0.2) is 36.4 Å². The first-order valence-corrected chi connectivity index (χ1v) is 5.77. The van der Waals surface area contributed by atoms with Crippen molar-refractivity contribution in [2.24, 2.45) is 0 Å². The molecule has 0 spiro atoms. The minimum absolute atomic E-state index is 0.0233. The SMILES string of the molecule is Cc1cc(N)ccc1OCc1ccc(F)c(C#N)c1. The van der Waals surface area contributed by atoms with Crippen molar-refractivity contribution >= 4 is 5.69 Å². The van der Waals surface area contributed by atoms with Gasteiger partial charge >= 0.3 is 0 Å². The molecule has 0 saturated heterocycles. The van der Waals surface area contributed by atoms with Crippen molar-refractivity contribution in [2.45, 2.75) is 13.5 Å². The summed E-state index contributed by atoms with van der Waals surface area (Å²) >= 11 is 0. The normalized spacial score (nSPS) is 9.95. The van der Waals surface area contributed by atoms with Gasteiger partial charge in [-0.15, -0.1) is 0 Å². The van der Waals surface area contributed by atoms with Crippen LogP contribution in [0.5, 0.6) is 5.75 Å². The monoisotopic (exact) mass is 256 g/mol. The van der Waals surface area contributed by atoms with Gasteiger partial charge in [-0.2, -0.15) is 5.26 Å². The van der Waals surface area contributed by atoms with Crippen LogP contribution in [0.2, 0.25) is 0 Å². The number of halogens is 1. The molecule has 0 fully saturated rings. The lowest BCUT2D eigenvalue weighted by Gasteiger charge is -2.10. The van der Waals surface area contributed by atoms with E-state index in [4.69, 9.17) is 15.7 Å². The zero-order chi connectivity index (χ0) is 13.8. The molecule has 0 atom stereocenters. The highest BCUT2D eigenvalue weighted by Gasteiger charge is 2.04. The van der Waals surface area contributed by atoms with E-state index < -0.39 is 5.82 Å². The molecule has 2 aromatic carbocycles. The van der Waals surface area contributed by atoms with Gasteiger partial charge in [-0.1, -0.05) is 6.07 Å². The van der Waals surface area contributed by atoms with Gasteiger partial charge < -0.3 is 10.5 Å². The predicted molar refractivity (Wildman–Crippen MR) is 71.0 cm³/mol. The van der Waals surface area contributed by atoms with Crippen molar-refractivity contribution in [2.75, 3.05) is 5.73 Å². The summed E-state index contributed by atoms with van der Waals surface area (Å²) in [6.45, 7) is 2.18. The van der Waals surface area contributed by atoms with Crippen LogP contribution in [-0.4, -0.2) is 0 Å². The van der Waals surface area contributed by atoms with Crippen molar-refractivity contribution < 1.29 is 9.13 Å². The second kappa shape index (κ2) is 5.40. The Morgan fingerprint density at radius 3 is 2.74 bits per heavy atom. The van der Waals surface area contributed by atoms with E-state index in [0.717, 1.165) is 16.9 Å². The lowest BCUT2D eigenvalue weighted by Crippen LogP contribution is -1.99. The molecule has 0 unspecified atom stereocenters. The number of nitrogen functional groups attached to an aromatic ring is 1. The maximum absolute atomic E-state index is 13.2. The van der Waals surface area contributed by atoms with Gasteiger partial charge in [0, 0.05) is 5.69 Å². The number of anilines is 1. The molecule has 2 aromatic rings. The van der Waals surface area contributed by atoms with E-state index in [-0.39, 0.29) is 12.2 Å². The van der Waals surface area contributed by atoms with E-state index in [2.05, 4.69) is 0 Å². The Bertz CT molecular complexity index is 647. The van der Waals surface area contributed by atoms with Gasteiger partial charge in [-0.3, -0.25) is 0 Å². The van der Waals surface area contributed by atoms with Crippen LogP contribution in [0.3, 0.4) is 0 Å². The van der Waals surface area contributed by atoms with Crippen molar-refractivity contribution in [3.63, 3.8) is 0 Å². The van der Waals surface area contributed by atoms with Gasteiger partial charge in [0.25, 0.3) is 0 Å². The van der Waals surface area contributed by atoms with Gasteiger partial charge in [0.2, 0.25) is 0 Å². The van der Waals surface area contributed by atoms with Crippen molar-refractivity contribution in [1.29, 1.82) is 5.26 Å². The van der Waals surface area contributed by atoms with Gasteiger partial charge in [0.05, 0.1) is 5.56 Å². The van der Waals surface area contributed by atoms with Crippen molar-refractivity contribution in [1.82, 2.24) is 0 Å². The first kappa shape index (κ1) is 12.9. The highest BCUT2D eigenvalue weighted by molar-refractivity contribution is 5.47. The van der Waals surface area contributed by atoms with Crippen LogP contribution in [0, 0.1) is 24.1 Å². The van der Waals surface area contributed by atoms with E-state index in [0.29, 0.717) is 5.69 Å². The summed E-state index contributed by atoms with van der Waals surface area (Å²) in [6, 6.07) is 11.5. The van der Waals surface area contributed by atoms with Crippen LogP contribution in [0.1, 0.15) is 16.7 Å². The molecule has 0 saturated carbocycles. The molecule has 0 aliphatic carbocycles. The molecular weight excluding hydrogens is 243 g/mol. The van der Waals surface area contributed by atoms with Crippen LogP contribution >= 0.6 is 0 Å². The lowest BCUT2D eigenvalue weighted by molar-refractivity contribution is 0.304. The fourth-order valence-electron chi connectivity index (χ4n) is 1.74. The minimum Gasteiger partial charge on any atom is -0.489 e. The molecule has 2 N–H and O–H groups in total. The van der Waals surface area contributed by atoms with Crippen LogP contribution in [-0.2, 0) is 6.61 Å². The third-order valence-corrected chi connectivity index (χ3v) is 2.74. The summed E-state index contributed by atoms with van der Waals surface area (Å²) in [5.41, 5.74) is 8.04. The highest BCUT2D eigenvalue weighted by atomic mass is 19.1. The Morgan fingerprint density at radius 2 is 2.05 bits per heavy atom. The number of ether oxygens (including phenoxy) is 1. The lowest BCUT2D eigenvalue weighted by atomic mass is 10.1. The molecule has 0 radical (unpaired) electrons. The highest BCUT2D eigenvalue weighted by Crippen LogP contribution is 2.21. The number of nitrogens with zero attached hydrogens (tertiary/aromatic N) is 1. The molecular formula is C15H13FN2O. The molecule has 0 aliphatic rings. The fraction of sp³-hybridized carbons (Fsp3) is 0.133. The molecule has 96 valence electrons. The van der Waals surface area contributed by atoms with Crippen LogP contribution < -0.4 is 10.5 Å². The Balaban J connectivity index is 2.13. The Morgan fingerprint density at radius 1 is 1.26 bits per heavy atom. The molecule has 4 heteroatoms. The number of benzene rings is 2. The van der Waals surface area contributed by atoms with Crippen LogP contribution in [0.25, 0.3) is 0 Å². The number of aryl methyl sites for hydroxylation is 1. The molecule has 3 nitrogen and oxygen atoms in total. The maximum atomic E-state index is 13.2. The Hall–Kier alpha value is -2.54. The number of nitriles is 1. The quantitative estimate of drug-likeness (QED) is 0.858. The molecule has 0 aliphatic heterocycles. The molecule has 2 rings (SSSR count). The third kappa shape index (κ3) is 3.02. The topological polar surface area (TPSA) is 59.0 Å². The van der Waals surface area contributed by atoms with E-state index >= 15 is 0 Å². The van der Waals surface area contributed by atoms with Gasteiger partial charge in [-0.05, 0) is 48.4 Å². The molecule has 0 bridgehead atoms. The summed E-state index contributed by atoms with van der Waals surface area (Å²) in [7, 11) is 0. The Labute approximate surface area is 111 Å². The number of nitrogens with two attached hydrogens (primary N) is 1. The fourth-order valence-corrected chi connectivity index (χ4v) is 1.74. The van der Waals surface area contributed by atoms with Gasteiger partial charge in [0.15, 0.2) is 0 Å². The predicted octanol–water partition coefficient (Wildman–Crippen LogP) is 3.17. The first-order chi connectivity index (χ1) is 9.10. The maximum Gasteiger partial charge on any atom is 0.140 e. The summed E-state index contributed by atoms with van der Waals surface area (Å²) < 4.78 is 18.8. The number of hydrogen-bond acceptors (Lipinski definition) is 3. The largest absolute Gasteiger partial charge is 0.489 e. The summed E-state index contributed by atoms with van der Waals surface area (Å²) in [5, 5.41) is 8.76. The summed E-state index contributed by atoms with van der Waals surface area (Å²) in [4.78, 5) is 0. The van der Waals surface area contributed by atoms with Gasteiger partial charge in [0.1, 0.15) is 24.2 Å². The average molecular weight is 256 g/mol. The second-order valence-corrected chi connectivity index (χ2v) is 4.24. The Kier molecular flexibility index (Phi) is 3.67. The van der Waals surface area contributed by atoms with E-state index in [1.807, 2.05) is 13.0 Å². The van der Waals surface area contributed by atoms with Gasteiger partial charge in [-0.25, -0.2) is 4.39 Å². The molecule has 0 amide bonds. The van der Waals surface area contributed by atoms with E-state index in [9.17, 15) is 4.39 Å². The van der Waals surface area contributed by atoms with E-state index in [1.54, 1.807) is 24.3 Å². The first-order valence-electron chi connectivity index (χ1n) is 5.77. The molecule has 0 heterocycles. The number of rotatable bonds is 3. The third-order valence-electron chi connectivity index (χ3n) is 2.74. The molecule has 0 aromatic heterocycles. The van der Waals surface area contributed by atoms with Crippen molar-refractivity contribution in [3.05, 3.63) is 58.9 Å². The van der Waals surface area contributed by atoms with E-state index in [1.165, 1.54) is 12.1 Å². The summed E-state index contributed by atoms with van der Waals surface area (Å²) in [5.74, 6) is 0.201. The standard InChI is InChI=1S/C15H13FN2O/c1-10-6-13(18)3-5-15(10)19-9-11-2-4-14(16)12(7-11)8-17/h2-7H,9,18H2,1H3. The smallest absolute Gasteiger partial charge is 0.140 e. The minimum atomic E-state index is -0.519. The second-order valence-electron chi connectivity index (χ2n) is 4.24. The van der Waals surface area contributed by atoms with Crippen molar-refractivity contribution in [3.8, 4) is 11.8 Å². The van der Waals surface area contributed by atoms with Crippen LogP contribution in [0.4, 0.5) is 10.1 Å².